The Bertz CT molecular complexity index is 815. The minimum Gasteiger partial charge on any atom is -0.347 e. The van der Waals surface area contributed by atoms with Crippen LogP contribution in [0.3, 0.4) is 0 Å². The number of nitrogens with zero attached hydrogens (tertiary/aromatic N) is 1. The van der Waals surface area contributed by atoms with Gasteiger partial charge in [0.05, 0.1) is 5.52 Å². The topological polar surface area (TPSA) is 17.0 Å². The molecule has 3 aromatic rings. The summed E-state index contributed by atoms with van der Waals surface area (Å²) in [6.07, 6.45) is 4.96. The summed E-state index contributed by atoms with van der Waals surface area (Å²) in [5.74, 6) is 1.22. The van der Waals surface area contributed by atoms with Crippen molar-refractivity contribution in [2.24, 2.45) is 0 Å². The minimum absolute atomic E-state index is 0.603. The number of para-hydroxylation sites is 1. The van der Waals surface area contributed by atoms with Gasteiger partial charge in [0.15, 0.2) is 0 Å². The quantitative estimate of drug-likeness (QED) is 0.753. The van der Waals surface area contributed by atoms with Crippen LogP contribution in [0.4, 0.5) is 0 Å². The molecule has 112 valence electrons. The van der Waals surface area contributed by atoms with Gasteiger partial charge in [0.2, 0.25) is 0 Å². The molecule has 2 nitrogen and oxygen atoms in total. The molecule has 22 heavy (non-hydrogen) atoms. The predicted molar refractivity (Wildman–Crippen MR) is 92.9 cm³/mol. The molecule has 0 spiro atoms. The summed E-state index contributed by atoms with van der Waals surface area (Å²) in [7, 11) is 0. The smallest absolute Gasteiger partial charge is 0.0515 e. The Morgan fingerprint density at radius 1 is 1.14 bits per heavy atom. The summed E-state index contributed by atoms with van der Waals surface area (Å²) in [5.41, 5.74) is 6.10. The molecule has 2 atom stereocenters. The lowest BCUT2D eigenvalue weighted by atomic mass is 9.85. The van der Waals surface area contributed by atoms with Crippen LogP contribution >= 0.6 is 11.3 Å². The number of hydrogen-bond donors (Lipinski definition) is 1. The van der Waals surface area contributed by atoms with Gasteiger partial charge in [0, 0.05) is 43.1 Å². The lowest BCUT2D eigenvalue weighted by Gasteiger charge is -2.17. The average Bonchev–Trinajstić information content (AvgIpc) is 3.27. The summed E-state index contributed by atoms with van der Waals surface area (Å²) in [5, 5.41) is 9.65. The first-order valence-corrected chi connectivity index (χ1v) is 9.19. The highest BCUT2D eigenvalue weighted by Gasteiger charge is 2.32. The van der Waals surface area contributed by atoms with E-state index in [9.17, 15) is 0 Å². The molecular formula is C19H20N2S. The van der Waals surface area contributed by atoms with Crippen molar-refractivity contribution in [3.8, 4) is 0 Å². The fraction of sp³-hybridized carbons (Fsp3) is 0.368. The Labute approximate surface area is 134 Å². The molecule has 0 amide bonds. The maximum Gasteiger partial charge on any atom is 0.0515 e. The van der Waals surface area contributed by atoms with Crippen LogP contribution in [0, 0.1) is 0 Å². The molecule has 4 heterocycles. The molecule has 0 saturated carbocycles. The molecule has 1 saturated heterocycles. The number of aryl methyl sites for hydroxylation is 2. The van der Waals surface area contributed by atoms with Gasteiger partial charge in [-0.05, 0) is 46.4 Å². The summed E-state index contributed by atoms with van der Waals surface area (Å²) < 4.78 is 2.51. The van der Waals surface area contributed by atoms with Crippen molar-refractivity contribution < 1.29 is 0 Å². The van der Waals surface area contributed by atoms with Gasteiger partial charge in [0.1, 0.15) is 0 Å². The lowest BCUT2D eigenvalue weighted by Crippen LogP contribution is -2.08. The highest BCUT2D eigenvalue weighted by molar-refractivity contribution is 7.08. The zero-order valence-corrected chi connectivity index (χ0v) is 13.4. The number of thiophene rings is 1. The maximum absolute atomic E-state index is 3.63. The molecule has 5 rings (SSSR count). The average molecular weight is 308 g/mol. The Morgan fingerprint density at radius 3 is 3.00 bits per heavy atom. The Morgan fingerprint density at radius 2 is 2.09 bits per heavy atom. The van der Waals surface area contributed by atoms with Gasteiger partial charge >= 0.3 is 0 Å². The summed E-state index contributed by atoms with van der Waals surface area (Å²) in [6, 6.07) is 9.20. The Balaban J connectivity index is 1.66. The molecule has 1 N–H and O–H groups in total. The molecule has 3 heteroatoms. The number of nitrogens with one attached hydrogen (secondary N) is 1. The van der Waals surface area contributed by atoms with Crippen LogP contribution in [0.2, 0.25) is 0 Å². The van der Waals surface area contributed by atoms with E-state index in [0.717, 1.165) is 13.1 Å². The van der Waals surface area contributed by atoms with E-state index in [0.29, 0.717) is 11.8 Å². The first-order chi connectivity index (χ1) is 10.9. The molecule has 1 aromatic carbocycles. The van der Waals surface area contributed by atoms with Gasteiger partial charge in [-0.1, -0.05) is 18.2 Å². The molecule has 0 aliphatic carbocycles. The van der Waals surface area contributed by atoms with Crippen LogP contribution in [-0.2, 0) is 13.0 Å². The van der Waals surface area contributed by atoms with Gasteiger partial charge in [-0.25, -0.2) is 0 Å². The van der Waals surface area contributed by atoms with Gasteiger partial charge in [0.25, 0.3) is 0 Å². The second-order valence-electron chi connectivity index (χ2n) is 6.62. The van der Waals surface area contributed by atoms with Crippen LogP contribution in [0.25, 0.3) is 10.9 Å². The van der Waals surface area contributed by atoms with E-state index in [-0.39, 0.29) is 0 Å². The van der Waals surface area contributed by atoms with Gasteiger partial charge in [-0.15, -0.1) is 0 Å². The van der Waals surface area contributed by atoms with Gasteiger partial charge in [-0.2, -0.15) is 11.3 Å². The second kappa shape index (κ2) is 4.97. The van der Waals surface area contributed by atoms with Crippen molar-refractivity contribution >= 4 is 22.2 Å². The summed E-state index contributed by atoms with van der Waals surface area (Å²) >= 11 is 1.82. The highest BCUT2D eigenvalue weighted by Crippen LogP contribution is 2.41. The van der Waals surface area contributed by atoms with E-state index in [1.807, 2.05) is 11.3 Å². The highest BCUT2D eigenvalue weighted by atomic mass is 32.1. The van der Waals surface area contributed by atoms with Gasteiger partial charge in [-0.3, -0.25) is 0 Å². The fourth-order valence-corrected chi connectivity index (χ4v) is 5.15. The standard InChI is InChI=1S/C19H20N2S/c1-3-13-4-2-7-21-11-18(15(5-1)19(13)21)17-10-20-9-16(17)14-6-8-22-12-14/h1,3,5-6,8,11-12,16-17,20H,2,4,7,9-10H2/t16-,17+/m0/s1. The van der Waals surface area contributed by atoms with Crippen molar-refractivity contribution in [3.05, 3.63) is 57.9 Å². The van der Waals surface area contributed by atoms with E-state index >= 15 is 0 Å². The van der Waals surface area contributed by atoms with E-state index in [2.05, 4.69) is 51.1 Å². The molecular weight excluding hydrogens is 288 g/mol. The van der Waals surface area contributed by atoms with E-state index in [1.54, 1.807) is 5.56 Å². The molecule has 2 aliphatic rings. The van der Waals surface area contributed by atoms with Crippen LogP contribution in [-0.4, -0.2) is 17.7 Å². The lowest BCUT2D eigenvalue weighted by molar-refractivity contribution is 0.625. The molecule has 0 unspecified atom stereocenters. The number of benzene rings is 1. The van der Waals surface area contributed by atoms with Crippen LogP contribution in [0.5, 0.6) is 0 Å². The van der Waals surface area contributed by atoms with Crippen LogP contribution in [0.15, 0.2) is 41.2 Å². The SMILES string of the molecule is c1cc2c3c(c1)c([C@@H]1CNC[C@H]1c1ccsc1)cn3CCC2. The zero-order valence-electron chi connectivity index (χ0n) is 12.6. The third-order valence-corrected chi connectivity index (χ3v) is 6.14. The monoisotopic (exact) mass is 308 g/mol. The van der Waals surface area contributed by atoms with Crippen molar-refractivity contribution in [3.63, 3.8) is 0 Å². The third kappa shape index (κ3) is 1.82. The molecule has 1 fully saturated rings. The third-order valence-electron chi connectivity index (χ3n) is 5.44. The Kier molecular flexibility index (Phi) is 2.92. The number of aromatic nitrogens is 1. The minimum atomic E-state index is 0.603. The van der Waals surface area contributed by atoms with Crippen LogP contribution in [0.1, 0.15) is 34.9 Å². The first-order valence-electron chi connectivity index (χ1n) is 8.25. The summed E-state index contributed by atoms with van der Waals surface area (Å²) in [4.78, 5) is 0. The molecule has 2 aromatic heterocycles. The second-order valence-corrected chi connectivity index (χ2v) is 7.40. The number of hydrogen-bond acceptors (Lipinski definition) is 2. The van der Waals surface area contributed by atoms with E-state index in [4.69, 9.17) is 0 Å². The van der Waals surface area contributed by atoms with E-state index < -0.39 is 0 Å². The molecule has 0 bridgehead atoms. The van der Waals surface area contributed by atoms with Gasteiger partial charge < -0.3 is 9.88 Å². The number of rotatable bonds is 2. The van der Waals surface area contributed by atoms with E-state index in [1.165, 1.54) is 41.4 Å². The Hall–Kier alpha value is -1.58. The predicted octanol–water partition coefficient (Wildman–Crippen LogP) is 4.12. The molecule has 0 radical (unpaired) electrons. The van der Waals surface area contributed by atoms with Crippen molar-refractivity contribution in [1.82, 2.24) is 9.88 Å². The normalized spacial score (nSPS) is 24.2. The van der Waals surface area contributed by atoms with Crippen molar-refractivity contribution in [2.75, 3.05) is 13.1 Å². The van der Waals surface area contributed by atoms with Crippen molar-refractivity contribution in [1.29, 1.82) is 0 Å². The van der Waals surface area contributed by atoms with Crippen LogP contribution < -0.4 is 5.32 Å². The zero-order chi connectivity index (χ0) is 14.5. The largest absolute Gasteiger partial charge is 0.347 e. The van der Waals surface area contributed by atoms with Crippen molar-refractivity contribution in [2.45, 2.75) is 31.2 Å². The summed E-state index contributed by atoms with van der Waals surface area (Å²) in [6.45, 7) is 3.38. The fourth-order valence-electron chi connectivity index (χ4n) is 4.42. The first kappa shape index (κ1) is 12.9. The molecule has 2 aliphatic heterocycles. The maximum atomic E-state index is 3.63.